The summed E-state index contributed by atoms with van der Waals surface area (Å²) in [5.41, 5.74) is 0. The van der Waals surface area contributed by atoms with Crippen molar-refractivity contribution in [3.05, 3.63) is 0 Å². The average Bonchev–Trinajstić information content (AvgIpc) is 2.63. The third-order valence-electron chi connectivity index (χ3n) is 4.64. The van der Waals surface area contributed by atoms with Gasteiger partial charge in [-0.25, -0.2) is 0 Å². The Hall–Kier alpha value is -1.62. The molecule has 0 spiro atoms. The van der Waals surface area contributed by atoms with Crippen molar-refractivity contribution in [2.24, 2.45) is 23.7 Å². The number of hydrogen-bond donors (Lipinski definition) is 0. The zero-order chi connectivity index (χ0) is 27.4. The van der Waals surface area contributed by atoms with Gasteiger partial charge in [-0.05, 0) is 23.7 Å². The number of nitrogens with zero attached hydrogens (tertiary/aromatic N) is 2. The first-order valence-corrected chi connectivity index (χ1v) is 11.1. The zero-order valence-corrected chi connectivity index (χ0v) is 20.9. The van der Waals surface area contributed by atoms with Crippen LogP contribution in [0.25, 0.3) is 0 Å². The molecule has 2 amide bonds. The second kappa shape index (κ2) is 11.4. The van der Waals surface area contributed by atoms with Crippen molar-refractivity contribution in [1.29, 1.82) is 0 Å². The summed E-state index contributed by atoms with van der Waals surface area (Å²) in [4.78, 5) is 25.1. The number of carbonyl (C=O) groups is 2. The Kier molecular flexibility index (Phi) is 10.9. The van der Waals surface area contributed by atoms with Gasteiger partial charge in [-0.15, -0.1) is 0 Å². The van der Waals surface area contributed by atoms with Crippen LogP contribution in [0, 0.1) is 23.7 Å². The highest BCUT2D eigenvalue weighted by atomic mass is 19.4. The molecule has 0 aliphatic rings. The highest BCUT2D eigenvalue weighted by molar-refractivity contribution is 5.87. The number of hydrogen-bond acceptors (Lipinski definition) is 2. The standard InChI is InChI=1S/C22H36F8N2O2/c1-13(2)9-31(10-14(3)4)17(33)19(23,24)21(27,28)22(29,30)20(25,26)18(34)32(11-15(5)6)12-16(7)8/h13-16H,9-12H2,1-8H3. The van der Waals surface area contributed by atoms with Crippen LogP contribution >= 0.6 is 0 Å². The maximum atomic E-state index is 14.6. The first-order chi connectivity index (χ1) is 15.0. The van der Waals surface area contributed by atoms with Gasteiger partial charge in [-0.1, -0.05) is 55.4 Å². The van der Waals surface area contributed by atoms with Crippen LogP contribution in [0.15, 0.2) is 0 Å². The Labute approximate surface area is 196 Å². The molecule has 0 atom stereocenters. The zero-order valence-electron chi connectivity index (χ0n) is 20.9. The third-order valence-corrected chi connectivity index (χ3v) is 4.64. The van der Waals surface area contributed by atoms with E-state index in [0.717, 1.165) is 0 Å². The fraction of sp³-hybridized carbons (Fsp3) is 0.909. The average molecular weight is 513 g/mol. The van der Waals surface area contributed by atoms with E-state index in [1.54, 1.807) is 0 Å². The molecule has 0 rings (SSSR count). The Morgan fingerprint density at radius 1 is 0.500 bits per heavy atom. The van der Waals surface area contributed by atoms with Gasteiger partial charge in [0.15, 0.2) is 0 Å². The predicted octanol–water partition coefficient (Wildman–Crippen LogP) is 5.81. The summed E-state index contributed by atoms with van der Waals surface area (Å²) >= 11 is 0. The molecule has 0 unspecified atom stereocenters. The van der Waals surface area contributed by atoms with Crippen LogP contribution in [0.4, 0.5) is 35.1 Å². The van der Waals surface area contributed by atoms with E-state index in [9.17, 15) is 44.7 Å². The normalized spacial score (nSPS) is 13.9. The maximum Gasteiger partial charge on any atom is 0.392 e. The molecule has 0 saturated heterocycles. The monoisotopic (exact) mass is 512 g/mol. The van der Waals surface area contributed by atoms with Gasteiger partial charge in [0.2, 0.25) is 0 Å². The summed E-state index contributed by atoms with van der Waals surface area (Å²) in [5.74, 6) is -33.5. The molecule has 0 aliphatic carbocycles. The van der Waals surface area contributed by atoms with E-state index in [1.807, 2.05) is 0 Å². The SMILES string of the molecule is CC(C)CN(CC(C)C)C(=O)C(F)(F)C(F)(F)C(F)(F)C(F)(F)C(=O)N(CC(C)C)CC(C)C. The second-order valence-corrected chi connectivity index (χ2v) is 10.3. The van der Waals surface area contributed by atoms with Gasteiger partial charge in [-0.3, -0.25) is 9.59 Å². The molecule has 0 radical (unpaired) electrons. The molecule has 34 heavy (non-hydrogen) atoms. The molecule has 0 bridgehead atoms. The van der Waals surface area contributed by atoms with Gasteiger partial charge in [0.05, 0.1) is 0 Å². The van der Waals surface area contributed by atoms with Gasteiger partial charge in [0, 0.05) is 26.2 Å². The lowest BCUT2D eigenvalue weighted by Crippen LogP contribution is -2.69. The van der Waals surface area contributed by atoms with Gasteiger partial charge in [0.25, 0.3) is 11.8 Å². The fourth-order valence-electron chi connectivity index (χ4n) is 3.30. The number of amides is 2. The molecule has 0 N–H and O–H groups in total. The third kappa shape index (κ3) is 6.96. The molecule has 0 saturated carbocycles. The van der Waals surface area contributed by atoms with Crippen molar-refractivity contribution in [1.82, 2.24) is 9.80 Å². The largest absolute Gasteiger partial charge is 0.392 e. The molecule has 202 valence electrons. The second-order valence-electron chi connectivity index (χ2n) is 10.3. The van der Waals surface area contributed by atoms with Crippen molar-refractivity contribution < 1.29 is 44.7 Å². The highest BCUT2D eigenvalue weighted by Crippen LogP contribution is 2.53. The van der Waals surface area contributed by atoms with Gasteiger partial charge in [-0.2, -0.15) is 35.1 Å². The van der Waals surface area contributed by atoms with Crippen molar-refractivity contribution in [2.45, 2.75) is 79.1 Å². The van der Waals surface area contributed by atoms with E-state index in [-0.39, 0.29) is 9.80 Å². The van der Waals surface area contributed by atoms with E-state index in [4.69, 9.17) is 0 Å². The van der Waals surface area contributed by atoms with Crippen LogP contribution in [0.1, 0.15) is 55.4 Å². The van der Waals surface area contributed by atoms with Crippen molar-refractivity contribution >= 4 is 11.8 Å². The van der Waals surface area contributed by atoms with Crippen LogP contribution in [-0.2, 0) is 9.59 Å². The van der Waals surface area contributed by atoms with Gasteiger partial charge in [0.1, 0.15) is 0 Å². The van der Waals surface area contributed by atoms with Crippen molar-refractivity contribution in [2.75, 3.05) is 26.2 Å². The molecular formula is C22H36F8N2O2. The smallest absolute Gasteiger partial charge is 0.337 e. The van der Waals surface area contributed by atoms with E-state index in [1.165, 1.54) is 55.4 Å². The summed E-state index contributed by atoms with van der Waals surface area (Å²) in [7, 11) is 0. The van der Waals surface area contributed by atoms with E-state index in [2.05, 4.69) is 0 Å². The Morgan fingerprint density at radius 2 is 0.676 bits per heavy atom. The molecular weight excluding hydrogens is 476 g/mol. The lowest BCUT2D eigenvalue weighted by Gasteiger charge is -2.39. The van der Waals surface area contributed by atoms with Gasteiger partial charge >= 0.3 is 23.7 Å². The lowest BCUT2D eigenvalue weighted by atomic mass is 9.95. The summed E-state index contributed by atoms with van der Waals surface area (Å²) < 4.78 is 116. The molecule has 4 nitrogen and oxygen atoms in total. The minimum atomic E-state index is -6.86. The molecule has 0 aromatic carbocycles. The summed E-state index contributed by atoms with van der Waals surface area (Å²) in [6, 6.07) is 0. The van der Waals surface area contributed by atoms with Crippen LogP contribution in [0.5, 0.6) is 0 Å². The van der Waals surface area contributed by atoms with E-state index < -0.39 is 85.4 Å². The fourth-order valence-corrected chi connectivity index (χ4v) is 3.30. The van der Waals surface area contributed by atoms with Gasteiger partial charge < -0.3 is 9.80 Å². The number of rotatable bonds is 13. The molecule has 0 heterocycles. The number of halogens is 8. The Bertz CT molecular complexity index is 616. The Morgan fingerprint density at radius 3 is 0.824 bits per heavy atom. The lowest BCUT2D eigenvalue weighted by molar-refractivity contribution is -0.350. The first-order valence-electron chi connectivity index (χ1n) is 11.1. The maximum absolute atomic E-state index is 14.6. The molecule has 0 aliphatic heterocycles. The van der Waals surface area contributed by atoms with Crippen LogP contribution < -0.4 is 0 Å². The minimum absolute atomic E-state index is 0.253. The molecule has 12 heteroatoms. The van der Waals surface area contributed by atoms with E-state index in [0.29, 0.717) is 0 Å². The summed E-state index contributed by atoms with van der Waals surface area (Å²) in [5, 5.41) is 0. The highest BCUT2D eigenvalue weighted by Gasteiger charge is 2.85. The predicted molar refractivity (Wildman–Crippen MR) is 112 cm³/mol. The first kappa shape index (κ1) is 32.4. The van der Waals surface area contributed by atoms with E-state index >= 15 is 0 Å². The summed E-state index contributed by atoms with van der Waals surface area (Å²) in [6.07, 6.45) is 0. The topological polar surface area (TPSA) is 40.6 Å². The number of alkyl halides is 8. The number of carbonyl (C=O) groups excluding carboxylic acids is 2. The molecule has 0 fully saturated rings. The minimum Gasteiger partial charge on any atom is -0.337 e. The summed E-state index contributed by atoms with van der Waals surface area (Å²) in [6.45, 7) is 9.80. The quantitative estimate of drug-likeness (QED) is 0.292. The van der Waals surface area contributed by atoms with Crippen LogP contribution in [0.3, 0.4) is 0 Å². The van der Waals surface area contributed by atoms with Crippen molar-refractivity contribution in [3.8, 4) is 0 Å². The Balaban J connectivity index is 6.37. The van der Waals surface area contributed by atoms with Crippen molar-refractivity contribution in [3.63, 3.8) is 0 Å². The molecule has 0 aromatic heterocycles. The molecule has 0 aromatic rings. The van der Waals surface area contributed by atoms with Crippen LogP contribution in [0.2, 0.25) is 0 Å². The van der Waals surface area contributed by atoms with Crippen LogP contribution in [-0.4, -0.2) is 71.5 Å².